The van der Waals surface area contributed by atoms with Crippen molar-refractivity contribution in [1.29, 1.82) is 0 Å². The van der Waals surface area contributed by atoms with Gasteiger partial charge in [-0.1, -0.05) is 0 Å². The summed E-state index contributed by atoms with van der Waals surface area (Å²) in [7, 11) is 0. The predicted molar refractivity (Wildman–Crippen MR) is 82.6 cm³/mol. The summed E-state index contributed by atoms with van der Waals surface area (Å²) in [6, 6.07) is 6.92. The fourth-order valence-corrected chi connectivity index (χ4v) is 1.99. The van der Waals surface area contributed by atoms with Gasteiger partial charge in [-0.25, -0.2) is 4.68 Å². The molecule has 1 heterocycles. The second kappa shape index (κ2) is 6.30. The summed E-state index contributed by atoms with van der Waals surface area (Å²) in [6.07, 6.45) is 1.65. The van der Waals surface area contributed by atoms with Crippen LogP contribution < -0.4 is 15.8 Å². The number of carbonyl (C=O) groups excluding carboxylic acids is 1. The lowest BCUT2D eigenvalue weighted by atomic mass is 10.1. The van der Waals surface area contributed by atoms with E-state index in [0.717, 1.165) is 0 Å². The second-order valence-corrected chi connectivity index (χ2v) is 4.89. The highest BCUT2D eigenvalue weighted by Gasteiger charge is 2.12. The quantitative estimate of drug-likeness (QED) is 0.829. The Kier molecular flexibility index (Phi) is 4.47. The lowest BCUT2D eigenvalue weighted by Crippen LogP contribution is -2.17. The molecule has 1 amide bonds. The van der Waals surface area contributed by atoms with Gasteiger partial charge in [0.2, 0.25) is 0 Å². The van der Waals surface area contributed by atoms with E-state index < -0.39 is 0 Å². The van der Waals surface area contributed by atoms with Gasteiger partial charge >= 0.3 is 0 Å². The Morgan fingerprint density at radius 3 is 2.81 bits per heavy atom. The van der Waals surface area contributed by atoms with Crippen LogP contribution in [-0.4, -0.2) is 22.3 Å². The molecule has 1 aromatic heterocycles. The highest BCUT2D eigenvalue weighted by atomic mass is 16.5. The largest absolute Gasteiger partial charge is 0.492 e. The molecule has 0 bridgehead atoms. The zero-order valence-corrected chi connectivity index (χ0v) is 12.5. The minimum absolute atomic E-state index is 0.167. The molecule has 0 aliphatic heterocycles. The molecular weight excluding hydrogens is 268 g/mol. The molecule has 0 aliphatic rings. The minimum atomic E-state index is -0.229. The van der Waals surface area contributed by atoms with E-state index in [1.807, 2.05) is 20.8 Å². The maximum atomic E-state index is 12.3. The number of nitrogens with two attached hydrogens (primary N) is 1. The number of hydrogen-bond acceptors (Lipinski definition) is 4. The standard InChI is InChI=1S/C15H20N4O2/c1-4-21-13-6-5-11(9-12(13)16)15(20)18-14-7-8-17-19(14)10(2)3/h5-10H,4,16H2,1-3H3,(H,18,20). The Labute approximate surface area is 123 Å². The van der Waals surface area contributed by atoms with Gasteiger partial charge < -0.3 is 15.8 Å². The van der Waals surface area contributed by atoms with E-state index in [2.05, 4.69) is 10.4 Å². The van der Waals surface area contributed by atoms with Crippen molar-refractivity contribution in [2.75, 3.05) is 17.7 Å². The topological polar surface area (TPSA) is 82.2 Å². The third-order valence-electron chi connectivity index (χ3n) is 2.97. The molecule has 0 radical (unpaired) electrons. The minimum Gasteiger partial charge on any atom is -0.492 e. The van der Waals surface area contributed by atoms with Gasteiger partial charge in [0.15, 0.2) is 0 Å². The first-order valence-corrected chi connectivity index (χ1v) is 6.90. The van der Waals surface area contributed by atoms with Crippen molar-refractivity contribution in [1.82, 2.24) is 9.78 Å². The number of rotatable bonds is 5. The third kappa shape index (κ3) is 3.34. The summed E-state index contributed by atoms with van der Waals surface area (Å²) in [4.78, 5) is 12.3. The highest BCUT2D eigenvalue weighted by Crippen LogP contribution is 2.23. The smallest absolute Gasteiger partial charge is 0.256 e. The van der Waals surface area contributed by atoms with E-state index in [1.54, 1.807) is 35.1 Å². The third-order valence-corrected chi connectivity index (χ3v) is 2.97. The molecule has 0 unspecified atom stereocenters. The monoisotopic (exact) mass is 288 g/mol. The Bertz CT molecular complexity index is 634. The molecular formula is C15H20N4O2. The van der Waals surface area contributed by atoms with Gasteiger partial charge in [0.25, 0.3) is 5.91 Å². The van der Waals surface area contributed by atoms with Crippen molar-refractivity contribution in [2.45, 2.75) is 26.8 Å². The van der Waals surface area contributed by atoms with E-state index in [0.29, 0.717) is 29.4 Å². The number of nitrogen functional groups attached to an aromatic ring is 1. The average molecular weight is 288 g/mol. The number of hydrogen-bond donors (Lipinski definition) is 2. The molecule has 0 spiro atoms. The van der Waals surface area contributed by atoms with Gasteiger partial charge in [-0.3, -0.25) is 4.79 Å². The van der Waals surface area contributed by atoms with Gasteiger partial charge in [0.1, 0.15) is 11.6 Å². The van der Waals surface area contributed by atoms with Crippen molar-refractivity contribution in [3.8, 4) is 5.75 Å². The van der Waals surface area contributed by atoms with Crippen molar-refractivity contribution in [3.63, 3.8) is 0 Å². The fraction of sp³-hybridized carbons (Fsp3) is 0.333. The van der Waals surface area contributed by atoms with Crippen LogP contribution in [0.4, 0.5) is 11.5 Å². The molecule has 6 nitrogen and oxygen atoms in total. The molecule has 3 N–H and O–H groups in total. The van der Waals surface area contributed by atoms with Crippen LogP contribution in [0.5, 0.6) is 5.75 Å². The lowest BCUT2D eigenvalue weighted by molar-refractivity contribution is 0.102. The van der Waals surface area contributed by atoms with E-state index in [9.17, 15) is 4.79 Å². The fourth-order valence-electron chi connectivity index (χ4n) is 1.99. The van der Waals surface area contributed by atoms with Gasteiger partial charge in [-0.05, 0) is 39.0 Å². The summed E-state index contributed by atoms with van der Waals surface area (Å²) in [5, 5.41) is 7.01. The van der Waals surface area contributed by atoms with Crippen molar-refractivity contribution >= 4 is 17.4 Å². The number of anilines is 2. The molecule has 0 fully saturated rings. The number of ether oxygens (including phenoxy) is 1. The Morgan fingerprint density at radius 2 is 2.19 bits per heavy atom. The zero-order chi connectivity index (χ0) is 15.4. The van der Waals surface area contributed by atoms with Crippen molar-refractivity contribution < 1.29 is 9.53 Å². The molecule has 112 valence electrons. The van der Waals surface area contributed by atoms with Gasteiger partial charge in [0, 0.05) is 17.7 Å². The zero-order valence-electron chi connectivity index (χ0n) is 12.5. The summed E-state index contributed by atoms with van der Waals surface area (Å²) in [5.74, 6) is 1.01. The second-order valence-electron chi connectivity index (χ2n) is 4.89. The Balaban J connectivity index is 2.17. The molecule has 0 saturated carbocycles. The molecule has 2 aromatic rings. The van der Waals surface area contributed by atoms with Gasteiger partial charge in [0.05, 0.1) is 18.5 Å². The molecule has 2 rings (SSSR count). The van der Waals surface area contributed by atoms with E-state index in [4.69, 9.17) is 10.5 Å². The van der Waals surface area contributed by atoms with Crippen LogP contribution in [0.15, 0.2) is 30.5 Å². The number of carbonyl (C=O) groups is 1. The summed E-state index contributed by atoms with van der Waals surface area (Å²) in [5.41, 5.74) is 6.80. The predicted octanol–water partition coefficient (Wildman–Crippen LogP) is 2.70. The number of benzene rings is 1. The van der Waals surface area contributed by atoms with Crippen LogP contribution in [0.25, 0.3) is 0 Å². The van der Waals surface area contributed by atoms with Crippen molar-refractivity contribution in [2.24, 2.45) is 0 Å². The van der Waals surface area contributed by atoms with Crippen LogP contribution >= 0.6 is 0 Å². The average Bonchev–Trinajstić information content (AvgIpc) is 2.89. The number of nitrogens with one attached hydrogen (secondary N) is 1. The number of amides is 1. The van der Waals surface area contributed by atoms with E-state index in [1.165, 1.54) is 0 Å². The summed E-state index contributed by atoms with van der Waals surface area (Å²) in [6.45, 7) is 6.41. The summed E-state index contributed by atoms with van der Waals surface area (Å²) >= 11 is 0. The molecule has 6 heteroatoms. The first-order chi connectivity index (χ1) is 10.0. The molecule has 0 saturated heterocycles. The van der Waals surface area contributed by atoms with Crippen molar-refractivity contribution in [3.05, 3.63) is 36.0 Å². The Hall–Kier alpha value is -2.50. The molecule has 21 heavy (non-hydrogen) atoms. The molecule has 1 aromatic carbocycles. The lowest BCUT2D eigenvalue weighted by Gasteiger charge is -2.12. The maximum Gasteiger partial charge on any atom is 0.256 e. The van der Waals surface area contributed by atoms with Gasteiger partial charge in [-0.2, -0.15) is 5.10 Å². The molecule has 0 atom stereocenters. The number of aromatic nitrogens is 2. The van der Waals surface area contributed by atoms with E-state index >= 15 is 0 Å². The number of nitrogens with zero attached hydrogens (tertiary/aromatic N) is 2. The van der Waals surface area contributed by atoms with Crippen LogP contribution in [0, 0.1) is 0 Å². The van der Waals surface area contributed by atoms with Crippen LogP contribution in [0.1, 0.15) is 37.2 Å². The van der Waals surface area contributed by atoms with Crippen LogP contribution in [0.2, 0.25) is 0 Å². The first-order valence-electron chi connectivity index (χ1n) is 6.90. The molecule has 0 aliphatic carbocycles. The highest BCUT2D eigenvalue weighted by molar-refractivity contribution is 6.04. The SMILES string of the molecule is CCOc1ccc(C(=O)Nc2ccnn2C(C)C)cc1N. The normalized spacial score (nSPS) is 10.7. The Morgan fingerprint density at radius 1 is 1.43 bits per heavy atom. The van der Waals surface area contributed by atoms with Crippen LogP contribution in [0.3, 0.4) is 0 Å². The first kappa shape index (κ1) is 14.9. The van der Waals surface area contributed by atoms with E-state index in [-0.39, 0.29) is 11.9 Å². The van der Waals surface area contributed by atoms with Gasteiger partial charge in [-0.15, -0.1) is 0 Å². The summed E-state index contributed by atoms with van der Waals surface area (Å²) < 4.78 is 7.10. The van der Waals surface area contributed by atoms with Crippen LogP contribution in [-0.2, 0) is 0 Å². The maximum absolute atomic E-state index is 12.3.